The molecule has 6 nitrogen and oxygen atoms in total. The van der Waals surface area contributed by atoms with E-state index in [1.54, 1.807) is 6.08 Å². The first-order valence-electron chi connectivity index (χ1n) is 6.26. The lowest BCUT2D eigenvalue weighted by atomic mass is 10.0. The van der Waals surface area contributed by atoms with Crippen LogP contribution in [0.1, 0.15) is 33.1 Å². The van der Waals surface area contributed by atoms with Gasteiger partial charge in [-0.1, -0.05) is 19.9 Å². The molecule has 0 heterocycles. The van der Waals surface area contributed by atoms with Crippen LogP contribution in [0.5, 0.6) is 0 Å². The summed E-state index contributed by atoms with van der Waals surface area (Å²) in [4.78, 5) is 33.7. The van der Waals surface area contributed by atoms with Gasteiger partial charge in [0.05, 0.1) is 6.54 Å². The number of rotatable bonds is 9. The fourth-order valence-corrected chi connectivity index (χ4v) is 1.44. The number of carboxylic acid groups (broad SMARTS) is 1. The maximum Gasteiger partial charge on any atom is 0.326 e. The third-order valence-corrected chi connectivity index (χ3v) is 2.36. The van der Waals surface area contributed by atoms with Crippen molar-refractivity contribution in [2.45, 2.75) is 39.2 Å². The highest BCUT2D eigenvalue weighted by molar-refractivity contribution is 5.87. The Balaban J connectivity index is 4.09. The van der Waals surface area contributed by atoms with Gasteiger partial charge in [-0.3, -0.25) is 9.59 Å². The Morgan fingerprint density at radius 2 is 1.89 bits per heavy atom. The molecule has 0 radical (unpaired) electrons. The average Bonchev–Trinajstić information content (AvgIpc) is 2.32. The summed E-state index contributed by atoms with van der Waals surface area (Å²) in [6.07, 6.45) is 2.78. The van der Waals surface area contributed by atoms with E-state index in [1.807, 2.05) is 13.8 Å². The fourth-order valence-electron chi connectivity index (χ4n) is 1.44. The first kappa shape index (κ1) is 17.2. The van der Waals surface area contributed by atoms with Gasteiger partial charge < -0.3 is 15.7 Å². The van der Waals surface area contributed by atoms with E-state index in [0.717, 1.165) is 0 Å². The largest absolute Gasteiger partial charge is 0.480 e. The van der Waals surface area contributed by atoms with Crippen LogP contribution in [-0.4, -0.2) is 35.5 Å². The molecule has 108 valence electrons. The number of hydrogen-bond donors (Lipinski definition) is 3. The predicted molar refractivity (Wildman–Crippen MR) is 71.5 cm³/mol. The van der Waals surface area contributed by atoms with Crippen LogP contribution in [0.4, 0.5) is 0 Å². The number of nitrogens with one attached hydrogen (secondary N) is 2. The molecule has 0 aliphatic rings. The first-order chi connectivity index (χ1) is 8.86. The molecular weight excluding hydrogens is 248 g/mol. The minimum atomic E-state index is -1.07. The van der Waals surface area contributed by atoms with Crippen molar-refractivity contribution in [2.75, 3.05) is 6.54 Å². The standard InChI is InChI=1S/C13H22N2O4/c1-4-5-6-11(16)14-8-12(17)15-10(13(18)19)7-9(2)3/h4,9-10H,1,5-8H2,2-3H3,(H,14,16)(H,15,17)(H,18,19)/t10-/m0/s1. The summed E-state index contributed by atoms with van der Waals surface area (Å²) in [5.41, 5.74) is 0. The van der Waals surface area contributed by atoms with Crippen molar-refractivity contribution in [2.24, 2.45) is 5.92 Å². The summed E-state index contributed by atoms with van der Waals surface area (Å²) in [6.45, 7) is 7.03. The lowest BCUT2D eigenvalue weighted by molar-refractivity contribution is -0.142. The Bertz CT molecular complexity index is 340. The first-order valence-corrected chi connectivity index (χ1v) is 6.26. The molecule has 0 aromatic heterocycles. The Kier molecular flexibility index (Phi) is 8.24. The second-order valence-corrected chi connectivity index (χ2v) is 4.69. The SMILES string of the molecule is C=CCCC(=O)NCC(=O)N[C@@H](CC(C)C)C(=O)O. The van der Waals surface area contributed by atoms with Crippen LogP contribution >= 0.6 is 0 Å². The Hall–Kier alpha value is -1.85. The van der Waals surface area contributed by atoms with Crippen molar-refractivity contribution in [3.05, 3.63) is 12.7 Å². The zero-order valence-electron chi connectivity index (χ0n) is 11.4. The normalized spacial score (nSPS) is 11.7. The van der Waals surface area contributed by atoms with Crippen LogP contribution < -0.4 is 10.6 Å². The number of allylic oxidation sites excluding steroid dienone is 1. The second kappa shape index (κ2) is 9.13. The van der Waals surface area contributed by atoms with Gasteiger partial charge in [0.1, 0.15) is 6.04 Å². The van der Waals surface area contributed by atoms with Crippen LogP contribution in [0, 0.1) is 5.92 Å². The van der Waals surface area contributed by atoms with E-state index < -0.39 is 17.9 Å². The van der Waals surface area contributed by atoms with Gasteiger partial charge in [0.15, 0.2) is 0 Å². The molecule has 0 aromatic rings. The molecule has 19 heavy (non-hydrogen) atoms. The van der Waals surface area contributed by atoms with Gasteiger partial charge in [0.2, 0.25) is 11.8 Å². The number of aliphatic carboxylic acids is 1. The van der Waals surface area contributed by atoms with Crippen molar-refractivity contribution >= 4 is 17.8 Å². The van der Waals surface area contributed by atoms with Crippen LogP contribution in [0.2, 0.25) is 0 Å². The van der Waals surface area contributed by atoms with Gasteiger partial charge in [-0.2, -0.15) is 0 Å². The molecular formula is C13H22N2O4. The third-order valence-electron chi connectivity index (χ3n) is 2.36. The maximum atomic E-state index is 11.5. The Morgan fingerprint density at radius 3 is 2.37 bits per heavy atom. The van der Waals surface area contributed by atoms with Gasteiger partial charge in [0.25, 0.3) is 0 Å². The van der Waals surface area contributed by atoms with Gasteiger partial charge in [-0.05, 0) is 18.8 Å². The molecule has 0 aromatic carbocycles. The summed E-state index contributed by atoms with van der Waals surface area (Å²) >= 11 is 0. The van der Waals surface area contributed by atoms with E-state index in [0.29, 0.717) is 12.8 Å². The average molecular weight is 270 g/mol. The van der Waals surface area contributed by atoms with E-state index in [4.69, 9.17) is 5.11 Å². The molecule has 0 aliphatic carbocycles. The molecule has 1 atom stereocenters. The molecule has 0 aliphatic heterocycles. The highest BCUT2D eigenvalue weighted by atomic mass is 16.4. The molecule has 0 rings (SSSR count). The van der Waals surface area contributed by atoms with E-state index >= 15 is 0 Å². The summed E-state index contributed by atoms with van der Waals surface area (Å²) in [5, 5.41) is 13.8. The highest BCUT2D eigenvalue weighted by Crippen LogP contribution is 2.04. The summed E-state index contributed by atoms with van der Waals surface area (Å²) in [7, 11) is 0. The van der Waals surface area contributed by atoms with E-state index in [9.17, 15) is 14.4 Å². The van der Waals surface area contributed by atoms with Gasteiger partial charge in [-0.15, -0.1) is 6.58 Å². The van der Waals surface area contributed by atoms with Gasteiger partial charge >= 0.3 is 5.97 Å². The van der Waals surface area contributed by atoms with Crippen LogP contribution in [-0.2, 0) is 14.4 Å². The number of carbonyl (C=O) groups is 3. The molecule has 0 saturated heterocycles. The fraction of sp³-hybridized carbons (Fsp3) is 0.615. The third kappa shape index (κ3) is 8.82. The molecule has 2 amide bonds. The van der Waals surface area contributed by atoms with E-state index in [1.165, 1.54) is 0 Å². The number of amides is 2. The van der Waals surface area contributed by atoms with Gasteiger partial charge in [0, 0.05) is 6.42 Å². The molecule has 0 saturated carbocycles. The number of carboxylic acids is 1. The lowest BCUT2D eigenvalue weighted by Gasteiger charge is -2.16. The molecule has 3 N–H and O–H groups in total. The van der Waals surface area contributed by atoms with Gasteiger partial charge in [-0.25, -0.2) is 4.79 Å². The highest BCUT2D eigenvalue weighted by Gasteiger charge is 2.20. The molecule has 0 unspecified atom stereocenters. The molecule has 6 heteroatoms. The monoisotopic (exact) mass is 270 g/mol. The predicted octanol–water partition coefficient (Wildman–Crippen LogP) is 0.684. The van der Waals surface area contributed by atoms with Crippen LogP contribution in [0.15, 0.2) is 12.7 Å². The minimum absolute atomic E-state index is 0.156. The number of hydrogen-bond acceptors (Lipinski definition) is 3. The summed E-state index contributed by atoms with van der Waals surface area (Å²) in [6, 6.07) is -0.919. The smallest absolute Gasteiger partial charge is 0.326 e. The summed E-state index contributed by atoms with van der Waals surface area (Å²) < 4.78 is 0. The van der Waals surface area contributed by atoms with E-state index in [-0.39, 0.29) is 24.8 Å². The van der Waals surface area contributed by atoms with Crippen molar-refractivity contribution in [1.82, 2.24) is 10.6 Å². The Morgan fingerprint density at radius 1 is 1.26 bits per heavy atom. The topological polar surface area (TPSA) is 95.5 Å². The zero-order chi connectivity index (χ0) is 14.8. The summed E-state index contributed by atoms with van der Waals surface area (Å²) in [5.74, 6) is -1.67. The number of carbonyl (C=O) groups excluding carboxylic acids is 2. The van der Waals surface area contributed by atoms with Crippen LogP contribution in [0.25, 0.3) is 0 Å². The molecule has 0 bridgehead atoms. The molecule has 0 fully saturated rings. The van der Waals surface area contributed by atoms with Crippen LogP contribution in [0.3, 0.4) is 0 Å². The molecule has 0 spiro atoms. The maximum absolute atomic E-state index is 11.5. The van der Waals surface area contributed by atoms with Crippen molar-refractivity contribution in [1.29, 1.82) is 0 Å². The lowest BCUT2D eigenvalue weighted by Crippen LogP contribution is -2.46. The van der Waals surface area contributed by atoms with Crippen molar-refractivity contribution in [3.63, 3.8) is 0 Å². The second-order valence-electron chi connectivity index (χ2n) is 4.69. The van der Waals surface area contributed by atoms with Crippen molar-refractivity contribution in [3.8, 4) is 0 Å². The van der Waals surface area contributed by atoms with Crippen molar-refractivity contribution < 1.29 is 19.5 Å². The quantitative estimate of drug-likeness (QED) is 0.537. The van der Waals surface area contributed by atoms with E-state index in [2.05, 4.69) is 17.2 Å². The Labute approximate surface area is 113 Å². The minimum Gasteiger partial charge on any atom is -0.480 e. The zero-order valence-corrected chi connectivity index (χ0v) is 11.4.